The standard InChI is InChI=1S/C10H14BrNOS/c1-3-4-5-12-10(13)8-6-7(2)9(11)14-8/h6H,3-5H2,1-2H3,(H,12,13). The van der Waals surface area contributed by atoms with Gasteiger partial charge in [0.15, 0.2) is 0 Å². The lowest BCUT2D eigenvalue weighted by atomic mass is 10.3. The Hall–Kier alpha value is -0.350. The molecular weight excluding hydrogens is 262 g/mol. The number of halogens is 1. The summed E-state index contributed by atoms with van der Waals surface area (Å²) in [5.41, 5.74) is 1.12. The molecule has 1 rings (SSSR count). The van der Waals surface area contributed by atoms with Crippen LogP contribution in [-0.2, 0) is 0 Å². The number of nitrogens with one attached hydrogen (secondary N) is 1. The van der Waals surface area contributed by atoms with E-state index in [0.717, 1.165) is 33.6 Å². The molecule has 0 unspecified atom stereocenters. The monoisotopic (exact) mass is 275 g/mol. The first kappa shape index (κ1) is 11.7. The first-order chi connectivity index (χ1) is 6.65. The molecule has 0 bridgehead atoms. The molecule has 1 aromatic rings. The molecule has 0 aliphatic heterocycles. The topological polar surface area (TPSA) is 29.1 Å². The number of hydrogen-bond acceptors (Lipinski definition) is 2. The van der Waals surface area contributed by atoms with Crippen LogP contribution < -0.4 is 5.32 Å². The van der Waals surface area contributed by atoms with Crippen LogP contribution in [0.2, 0.25) is 0 Å². The van der Waals surface area contributed by atoms with Gasteiger partial charge in [-0.2, -0.15) is 0 Å². The van der Waals surface area contributed by atoms with Gasteiger partial charge in [-0.05, 0) is 40.9 Å². The molecule has 1 N–H and O–H groups in total. The first-order valence-electron chi connectivity index (χ1n) is 4.69. The van der Waals surface area contributed by atoms with E-state index in [-0.39, 0.29) is 5.91 Å². The molecule has 0 aromatic carbocycles. The third-order valence-electron chi connectivity index (χ3n) is 1.90. The van der Waals surface area contributed by atoms with Crippen LogP contribution in [0.5, 0.6) is 0 Å². The van der Waals surface area contributed by atoms with E-state index in [2.05, 4.69) is 28.2 Å². The minimum absolute atomic E-state index is 0.0391. The second-order valence-electron chi connectivity index (χ2n) is 3.18. The maximum atomic E-state index is 11.6. The molecule has 4 heteroatoms. The van der Waals surface area contributed by atoms with Crippen LogP contribution in [-0.4, -0.2) is 12.5 Å². The van der Waals surface area contributed by atoms with Crippen LogP contribution in [0.15, 0.2) is 9.85 Å². The lowest BCUT2D eigenvalue weighted by Gasteiger charge is -2.00. The molecule has 1 amide bonds. The van der Waals surface area contributed by atoms with Gasteiger partial charge in [0.25, 0.3) is 5.91 Å². The number of amides is 1. The predicted octanol–water partition coefficient (Wildman–Crippen LogP) is 3.35. The molecule has 1 aromatic heterocycles. The van der Waals surface area contributed by atoms with Gasteiger partial charge in [0.1, 0.15) is 0 Å². The third-order valence-corrected chi connectivity index (χ3v) is 4.03. The Bertz CT molecular complexity index is 302. The fourth-order valence-corrected chi connectivity index (χ4v) is 2.49. The average Bonchev–Trinajstić information content (AvgIpc) is 2.47. The number of unbranched alkanes of at least 4 members (excludes halogenated alkanes) is 1. The summed E-state index contributed by atoms with van der Waals surface area (Å²) in [6.07, 6.45) is 2.14. The second kappa shape index (κ2) is 5.51. The summed E-state index contributed by atoms with van der Waals surface area (Å²) in [7, 11) is 0. The number of carbonyl (C=O) groups excluding carboxylic acids is 1. The largest absolute Gasteiger partial charge is 0.351 e. The van der Waals surface area contributed by atoms with Crippen molar-refractivity contribution in [2.75, 3.05) is 6.54 Å². The second-order valence-corrected chi connectivity index (χ2v) is 5.55. The van der Waals surface area contributed by atoms with Crippen LogP contribution in [0.4, 0.5) is 0 Å². The number of carbonyl (C=O) groups is 1. The maximum Gasteiger partial charge on any atom is 0.261 e. The smallest absolute Gasteiger partial charge is 0.261 e. The zero-order valence-electron chi connectivity index (χ0n) is 8.39. The van der Waals surface area contributed by atoms with E-state index < -0.39 is 0 Å². The van der Waals surface area contributed by atoms with Crippen molar-refractivity contribution in [2.24, 2.45) is 0 Å². The van der Waals surface area contributed by atoms with Gasteiger partial charge in [-0.25, -0.2) is 0 Å². The van der Waals surface area contributed by atoms with E-state index in [4.69, 9.17) is 0 Å². The van der Waals surface area contributed by atoms with Crippen LogP contribution in [0.25, 0.3) is 0 Å². The van der Waals surface area contributed by atoms with Crippen molar-refractivity contribution < 1.29 is 4.79 Å². The van der Waals surface area contributed by atoms with Gasteiger partial charge in [-0.3, -0.25) is 4.79 Å². The summed E-state index contributed by atoms with van der Waals surface area (Å²) in [5, 5.41) is 2.89. The van der Waals surface area contributed by atoms with Gasteiger partial charge in [-0.1, -0.05) is 13.3 Å². The first-order valence-corrected chi connectivity index (χ1v) is 6.30. The molecule has 78 valence electrons. The highest BCUT2D eigenvalue weighted by Crippen LogP contribution is 2.27. The molecule has 1 heterocycles. The molecular formula is C10H14BrNOS. The van der Waals surface area contributed by atoms with Gasteiger partial charge in [0, 0.05) is 6.54 Å². The Balaban J connectivity index is 2.52. The molecule has 0 saturated heterocycles. The van der Waals surface area contributed by atoms with Crippen LogP contribution in [0.3, 0.4) is 0 Å². The van der Waals surface area contributed by atoms with Gasteiger partial charge < -0.3 is 5.32 Å². The molecule has 0 spiro atoms. The van der Waals surface area contributed by atoms with Crippen LogP contribution >= 0.6 is 27.3 Å². The number of rotatable bonds is 4. The molecule has 0 aliphatic carbocycles. The minimum atomic E-state index is 0.0391. The Morgan fingerprint density at radius 2 is 2.36 bits per heavy atom. The van der Waals surface area contributed by atoms with E-state index in [1.165, 1.54) is 11.3 Å². The maximum absolute atomic E-state index is 11.6. The van der Waals surface area contributed by atoms with Crippen molar-refractivity contribution in [3.63, 3.8) is 0 Å². The summed E-state index contributed by atoms with van der Waals surface area (Å²) < 4.78 is 1.04. The Morgan fingerprint density at radius 3 is 2.86 bits per heavy atom. The van der Waals surface area contributed by atoms with Crippen molar-refractivity contribution in [3.8, 4) is 0 Å². The number of aryl methyl sites for hydroxylation is 1. The highest BCUT2D eigenvalue weighted by Gasteiger charge is 2.09. The SMILES string of the molecule is CCCCNC(=O)c1cc(C)c(Br)s1. The van der Waals surface area contributed by atoms with Gasteiger partial charge in [0.2, 0.25) is 0 Å². The lowest BCUT2D eigenvalue weighted by Crippen LogP contribution is -2.23. The fraction of sp³-hybridized carbons (Fsp3) is 0.500. The molecule has 0 radical (unpaired) electrons. The molecule has 2 nitrogen and oxygen atoms in total. The summed E-state index contributed by atoms with van der Waals surface area (Å²) in [6.45, 7) is 4.87. The normalized spacial score (nSPS) is 10.2. The Morgan fingerprint density at radius 1 is 1.64 bits per heavy atom. The van der Waals surface area contributed by atoms with Crippen LogP contribution in [0.1, 0.15) is 35.0 Å². The quantitative estimate of drug-likeness (QED) is 0.839. The summed E-state index contributed by atoms with van der Waals surface area (Å²) >= 11 is 4.89. The van der Waals surface area contributed by atoms with Crippen molar-refractivity contribution in [3.05, 3.63) is 20.3 Å². The van der Waals surface area contributed by atoms with E-state index in [9.17, 15) is 4.79 Å². The Kier molecular flexibility index (Phi) is 4.62. The van der Waals surface area contributed by atoms with E-state index in [0.29, 0.717) is 0 Å². The molecule has 0 fully saturated rings. The van der Waals surface area contributed by atoms with Crippen molar-refractivity contribution >= 4 is 33.2 Å². The van der Waals surface area contributed by atoms with Crippen LogP contribution in [0, 0.1) is 6.92 Å². The van der Waals surface area contributed by atoms with Crippen molar-refractivity contribution in [1.82, 2.24) is 5.32 Å². The molecule has 0 saturated carbocycles. The number of thiophene rings is 1. The summed E-state index contributed by atoms with van der Waals surface area (Å²) in [5.74, 6) is 0.0391. The molecule has 0 atom stereocenters. The summed E-state index contributed by atoms with van der Waals surface area (Å²) in [6, 6.07) is 1.91. The molecule has 14 heavy (non-hydrogen) atoms. The van der Waals surface area contributed by atoms with Crippen molar-refractivity contribution in [2.45, 2.75) is 26.7 Å². The molecule has 0 aliphatic rings. The van der Waals surface area contributed by atoms with E-state index >= 15 is 0 Å². The third kappa shape index (κ3) is 3.10. The zero-order chi connectivity index (χ0) is 10.6. The van der Waals surface area contributed by atoms with Crippen molar-refractivity contribution in [1.29, 1.82) is 0 Å². The Labute approximate surface area is 96.8 Å². The number of hydrogen-bond donors (Lipinski definition) is 1. The summed E-state index contributed by atoms with van der Waals surface area (Å²) in [4.78, 5) is 12.3. The highest BCUT2D eigenvalue weighted by molar-refractivity contribution is 9.11. The van der Waals surface area contributed by atoms with Gasteiger partial charge in [-0.15, -0.1) is 11.3 Å². The minimum Gasteiger partial charge on any atom is -0.351 e. The average molecular weight is 276 g/mol. The highest BCUT2D eigenvalue weighted by atomic mass is 79.9. The lowest BCUT2D eigenvalue weighted by molar-refractivity contribution is 0.0957. The van der Waals surface area contributed by atoms with Gasteiger partial charge in [0.05, 0.1) is 8.66 Å². The van der Waals surface area contributed by atoms with E-state index in [1.54, 1.807) is 0 Å². The fourth-order valence-electron chi connectivity index (χ4n) is 1.04. The van der Waals surface area contributed by atoms with E-state index in [1.807, 2.05) is 13.0 Å². The predicted molar refractivity (Wildman–Crippen MR) is 64.0 cm³/mol. The zero-order valence-corrected chi connectivity index (χ0v) is 10.8. The van der Waals surface area contributed by atoms with Gasteiger partial charge >= 0.3 is 0 Å².